The molecule has 7 heterocycles. The maximum Gasteiger partial charge on any atom is 0.297 e. The lowest BCUT2D eigenvalue weighted by Crippen LogP contribution is -2.55. The summed E-state index contributed by atoms with van der Waals surface area (Å²) in [6.07, 6.45) is 8.18. The van der Waals surface area contributed by atoms with E-state index in [1.807, 2.05) is 36.1 Å². The number of anilines is 4. The first-order chi connectivity index (χ1) is 32.8. The number of allylic oxidation sites excluding steroid dienone is 1. The molecule has 0 unspecified atom stereocenters. The lowest BCUT2D eigenvalue weighted by Gasteiger charge is -2.56. The number of ether oxygens (including phenoxy) is 4. The molecule has 18 heteroatoms. The third kappa shape index (κ3) is 7.99. The first-order valence-corrected chi connectivity index (χ1v) is 25.1. The van der Waals surface area contributed by atoms with E-state index in [9.17, 15) is 23.3 Å². The Labute approximate surface area is 395 Å². The molecule has 17 nitrogen and oxygen atoms in total. The van der Waals surface area contributed by atoms with Crippen LogP contribution in [0.1, 0.15) is 79.9 Å². The van der Waals surface area contributed by atoms with Gasteiger partial charge in [-0.05, 0) is 106 Å². The molecular weight excluding hydrogens is 889 g/mol. The predicted octanol–water partition coefficient (Wildman–Crippen LogP) is 7.72. The highest BCUT2D eigenvalue weighted by Gasteiger charge is 2.50. The summed E-state index contributed by atoms with van der Waals surface area (Å²) >= 11 is 0. The molecule has 68 heavy (non-hydrogen) atoms. The third-order valence-electron chi connectivity index (χ3n) is 15.0. The molecule has 2 aromatic heterocycles. The molecule has 0 radical (unpaired) electrons. The van der Waals surface area contributed by atoms with Gasteiger partial charge in [0, 0.05) is 54.6 Å². The maximum atomic E-state index is 14.5. The van der Waals surface area contributed by atoms with Crippen LogP contribution in [0.4, 0.5) is 28.4 Å². The van der Waals surface area contributed by atoms with E-state index in [0.29, 0.717) is 48.2 Å². The molecular formula is C50H56N8O9S. The van der Waals surface area contributed by atoms with Crippen LogP contribution in [0.5, 0.6) is 11.6 Å². The number of carbonyl (C=O) groups is 1. The SMILES string of the molecule is C=C(C)c1ccccc1[C@@H]1CCCN1C1CC2(CCN(c3ccc(C(=O)NS(=O)(=O)c4cc5c(c([N+](=O)[O-])c4)N[C@@H]([C@H]4COCCO4)CO5)c(N4c5cc6cc[nH]c6nc5OC[C@H]4C)c3)CC2)C1. The van der Waals surface area contributed by atoms with Gasteiger partial charge in [-0.1, -0.05) is 36.4 Å². The first-order valence-electron chi connectivity index (χ1n) is 23.6. The highest BCUT2D eigenvalue weighted by Crippen LogP contribution is 2.55. The summed E-state index contributed by atoms with van der Waals surface area (Å²) in [5, 5.41) is 16.4. The zero-order chi connectivity index (χ0) is 46.9. The smallest absolute Gasteiger partial charge is 0.297 e. The summed E-state index contributed by atoms with van der Waals surface area (Å²) in [6.45, 7) is 12.6. The van der Waals surface area contributed by atoms with Crippen LogP contribution >= 0.6 is 0 Å². The van der Waals surface area contributed by atoms with Gasteiger partial charge < -0.3 is 39.0 Å². The number of pyridine rings is 1. The van der Waals surface area contributed by atoms with Crippen molar-refractivity contribution in [3.05, 3.63) is 106 Å². The molecule has 3 saturated heterocycles. The van der Waals surface area contributed by atoms with E-state index >= 15 is 0 Å². The van der Waals surface area contributed by atoms with Crippen LogP contribution in [0.25, 0.3) is 16.6 Å². The first kappa shape index (κ1) is 44.3. The molecule has 3 aromatic carbocycles. The van der Waals surface area contributed by atoms with Crippen molar-refractivity contribution in [2.45, 2.75) is 87.5 Å². The Hall–Kier alpha value is -6.21. The number of amides is 1. The van der Waals surface area contributed by atoms with E-state index in [0.717, 1.165) is 55.2 Å². The summed E-state index contributed by atoms with van der Waals surface area (Å²) in [5.74, 6) is -0.552. The van der Waals surface area contributed by atoms with Gasteiger partial charge in [-0.15, -0.1) is 0 Å². The highest BCUT2D eigenvalue weighted by molar-refractivity contribution is 7.90. The topological polar surface area (TPSA) is 194 Å². The number of nitrogens with one attached hydrogen (secondary N) is 3. The van der Waals surface area contributed by atoms with Crippen LogP contribution in [0.2, 0.25) is 0 Å². The number of H-pyrrole nitrogens is 1. The van der Waals surface area contributed by atoms with E-state index < -0.39 is 43.6 Å². The second kappa shape index (κ2) is 17.4. The van der Waals surface area contributed by atoms with Crippen molar-refractivity contribution in [2.75, 3.05) is 67.8 Å². The number of fused-ring (bicyclic) bond motifs is 3. The minimum absolute atomic E-state index is 0.0233. The molecule has 11 rings (SSSR count). The largest absolute Gasteiger partial charge is 0.489 e. The van der Waals surface area contributed by atoms with E-state index in [1.165, 1.54) is 42.9 Å². The van der Waals surface area contributed by atoms with Crippen molar-refractivity contribution >= 4 is 61.0 Å². The van der Waals surface area contributed by atoms with Crippen molar-refractivity contribution in [1.82, 2.24) is 19.6 Å². The number of aromatic amines is 1. The van der Waals surface area contributed by atoms with Crippen molar-refractivity contribution in [2.24, 2.45) is 5.41 Å². The number of nitro benzene ring substituents is 1. The molecule has 0 bridgehead atoms. The number of nitro groups is 1. The summed E-state index contributed by atoms with van der Waals surface area (Å²) in [7, 11) is -4.68. The molecule has 356 valence electrons. The minimum atomic E-state index is -4.68. The molecule has 6 aliphatic rings. The van der Waals surface area contributed by atoms with Gasteiger partial charge in [0.15, 0.2) is 11.4 Å². The number of hydrogen-bond acceptors (Lipinski definition) is 14. The Morgan fingerprint density at radius 2 is 1.79 bits per heavy atom. The average molecular weight is 945 g/mol. The molecule has 1 spiro atoms. The van der Waals surface area contributed by atoms with Crippen molar-refractivity contribution in [3.63, 3.8) is 0 Å². The lowest BCUT2D eigenvalue weighted by molar-refractivity contribution is -0.384. The van der Waals surface area contributed by atoms with Crippen LogP contribution < -0.4 is 29.3 Å². The Morgan fingerprint density at radius 3 is 2.57 bits per heavy atom. The Morgan fingerprint density at radius 1 is 0.971 bits per heavy atom. The number of carbonyl (C=O) groups excluding carboxylic acids is 1. The van der Waals surface area contributed by atoms with E-state index in [2.05, 4.69) is 62.6 Å². The quantitative estimate of drug-likeness (QED) is 0.0910. The number of likely N-dealkylation sites (tertiary alicyclic amines) is 1. The Balaban J connectivity index is 0.860. The fourth-order valence-corrected chi connectivity index (χ4v) is 12.5. The van der Waals surface area contributed by atoms with Crippen molar-refractivity contribution < 1.29 is 37.1 Å². The highest BCUT2D eigenvalue weighted by atomic mass is 32.2. The molecule has 4 atom stereocenters. The van der Waals surface area contributed by atoms with Crippen molar-refractivity contribution in [3.8, 4) is 11.6 Å². The van der Waals surface area contributed by atoms with E-state index in [-0.39, 0.29) is 48.3 Å². The Bertz CT molecular complexity index is 2920. The van der Waals surface area contributed by atoms with E-state index in [1.54, 1.807) is 12.3 Å². The standard InChI is InChI=1S/C50H56N8O9S/c1-30(2)36-7-4-5-8-37(36)40-9-6-16-56(40)34-25-50(26-34)13-17-55(18-14-50)33-10-11-38(41(22-33)57-31(3)27-67-49-43(57)21-32-12-15-51-47(32)53-49)48(59)54-68(62,63)35-23-42(58(60)61)46-44(24-35)66-28-39(52-46)45-29-64-19-20-65-45/h4-5,7-8,10-12,15,21-24,31,34,39-40,45,52H,1,6,9,13-14,16-20,25-29H2,2-3H3,(H,51,53)(H,54,59)/t31-,39-,40+,45-/m1/s1. The summed E-state index contributed by atoms with van der Waals surface area (Å²) in [6, 6.07) is 20.4. The maximum absolute atomic E-state index is 14.5. The molecule has 1 saturated carbocycles. The third-order valence-corrected chi connectivity index (χ3v) is 16.3. The molecule has 3 N–H and O–H groups in total. The zero-order valence-corrected chi connectivity index (χ0v) is 39.1. The van der Waals surface area contributed by atoms with Gasteiger partial charge in [-0.2, -0.15) is 4.98 Å². The monoisotopic (exact) mass is 944 g/mol. The molecule has 1 amide bonds. The van der Waals surface area contributed by atoms with Crippen LogP contribution in [-0.4, -0.2) is 111 Å². The normalized spacial score (nSPS) is 23.7. The Kier molecular flexibility index (Phi) is 11.3. The number of hydrogen-bond donors (Lipinski definition) is 3. The summed E-state index contributed by atoms with van der Waals surface area (Å²) < 4.78 is 53.9. The predicted molar refractivity (Wildman–Crippen MR) is 258 cm³/mol. The van der Waals surface area contributed by atoms with Crippen molar-refractivity contribution in [1.29, 1.82) is 0 Å². The number of sulfonamides is 1. The van der Waals surface area contributed by atoms with Gasteiger partial charge in [0.05, 0.1) is 53.0 Å². The average Bonchev–Trinajstić information content (AvgIpc) is 4.02. The molecule has 5 aromatic rings. The van der Waals surface area contributed by atoms with Gasteiger partial charge >= 0.3 is 0 Å². The number of aromatic nitrogens is 2. The van der Waals surface area contributed by atoms with E-state index in [4.69, 9.17) is 23.9 Å². The summed E-state index contributed by atoms with van der Waals surface area (Å²) in [4.78, 5) is 40.8. The van der Waals surface area contributed by atoms with Gasteiger partial charge in [-0.3, -0.25) is 19.8 Å². The lowest BCUT2D eigenvalue weighted by atomic mass is 9.59. The number of benzene rings is 3. The number of piperidine rings is 1. The van der Waals surface area contributed by atoms with Crippen LogP contribution in [0.15, 0.2) is 84.4 Å². The number of rotatable bonds is 10. The van der Waals surface area contributed by atoms with Gasteiger partial charge in [0.2, 0.25) is 5.88 Å². The molecule has 1 aliphatic carbocycles. The fourth-order valence-electron chi connectivity index (χ4n) is 11.5. The molecule has 5 aliphatic heterocycles. The van der Waals surface area contributed by atoms with Gasteiger partial charge in [0.25, 0.3) is 21.6 Å². The second-order valence-electron chi connectivity index (χ2n) is 19.3. The van der Waals surface area contributed by atoms with Gasteiger partial charge in [-0.25, -0.2) is 13.1 Å². The van der Waals surface area contributed by atoms with Crippen LogP contribution in [-0.2, 0) is 19.5 Å². The zero-order valence-electron chi connectivity index (χ0n) is 38.2. The summed E-state index contributed by atoms with van der Waals surface area (Å²) in [5.41, 5.74) is 6.32. The van der Waals surface area contributed by atoms with Gasteiger partial charge in [0.1, 0.15) is 30.7 Å². The molecule has 4 fully saturated rings. The minimum Gasteiger partial charge on any atom is -0.489 e. The van der Waals surface area contributed by atoms with Crippen LogP contribution in [0.3, 0.4) is 0 Å². The number of nitrogens with zero attached hydrogens (tertiary/aromatic N) is 5. The van der Waals surface area contributed by atoms with Crippen LogP contribution in [0, 0.1) is 15.5 Å². The fraction of sp³-hybridized carbons (Fsp3) is 0.440. The second-order valence-corrected chi connectivity index (χ2v) is 21.0.